The van der Waals surface area contributed by atoms with Crippen LogP contribution in [0.1, 0.15) is 27.0 Å². The zero-order valence-electron chi connectivity index (χ0n) is 14.1. The Bertz CT molecular complexity index is 831. The molecular formula is C19H18Cl2N2OS. The maximum absolute atomic E-state index is 12.9. The van der Waals surface area contributed by atoms with Gasteiger partial charge in [-0.3, -0.25) is 14.7 Å². The van der Waals surface area contributed by atoms with Crippen molar-refractivity contribution in [3.8, 4) is 0 Å². The average Bonchev–Trinajstić information content (AvgIpc) is 3.01. The Hall–Kier alpha value is -1.49. The van der Waals surface area contributed by atoms with Crippen molar-refractivity contribution < 1.29 is 4.79 Å². The molecular weight excluding hydrogens is 375 g/mol. The Labute approximate surface area is 162 Å². The lowest BCUT2D eigenvalue weighted by atomic mass is 10.1. The lowest BCUT2D eigenvalue weighted by Gasteiger charge is -2.18. The number of hydrogen-bond acceptors (Lipinski definition) is 3. The first-order chi connectivity index (χ1) is 11.9. The predicted octanol–water partition coefficient (Wildman–Crippen LogP) is 5.36. The summed E-state index contributed by atoms with van der Waals surface area (Å²) >= 11 is 13.7. The molecule has 0 spiro atoms. The second-order valence-electron chi connectivity index (χ2n) is 6.02. The van der Waals surface area contributed by atoms with E-state index in [4.69, 9.17) is 23.2 Å². The zero-order chi connectivity index (χ0) is 18.0. The number of amides is 1. The molecule has 0 bridgehead atoms. The van der Waals surface area contributed by atoms with Crippen molar-refractivity contribution in [3.05, 3.63) is 68.7 Å². The Morgan fingerprint density at radius 1 is 1.16 bits per heavy atom. The van der Waals surface area contributed by atoms with Crippen LogP contribution in [0.5, 0.6) is 0 Å². The fraction of sp³-hybridized carbons (Fsp3) is 0.263. The summed E-state index contributed by atoms with van der Waals surface area (Å²) in [5.41, 5.74) is 3.85. The molecule has 1 heterocycles. The average molecular weight is 393 g/mol. The van der Waals surface area contributed by atoms with E-state index in [1.807, 2.05) is 38.1 Å². The van der Waals surface area contributed by atoms with E-state index in [1.165, 1.54) is 11.8 Å². The fourth-order valence-electron chi connectivity index (χ4n) is 2.77. The van der Waals surface area contributed by atoms with Gasteiger partial charge in [-0.2, -0.15) is 0 Å². The summed E-state index contributed by atoms with van der Waals surface area (Å²) < 4.78 is 0. The smallest absolute Gasteiger partial charge is 0.259 e. The number of thioether (sulfide) groups is 1. The quantitative estimate of drug-likeness (QED) is 0.704. The van der Waals surface area contributed by atoms with E-state index in [9.17, 15) is 4.79 Å². The van der Waals surface area contributed by atoms with Gasteiger partial charge in [0.15, 0.2) is 5.17 Å². The van der Waals surface area contributed by atoms with Crippen molar-refractivity contribution in [2.45, 2.75) is 19.6 Å². The van der Waals surface area contributed by atoms with Gasteiger partial charge in [0.2, 0.25) is 0 Å². The normalized spacial score (nSPS) is 13.9. The first kappa shape index (κ1) is 18.3. The number of nitrogens with zero attached hydrogens (tertiary/aromatic N) is 2. The molecule has 2 aromatic rings. The molecule has 0 fully saturated rings. The highest BCUT2D eigenvalue weighted by Crippen LogP contribution is 2.27. The van der Waals surface area contributed by atoms with Crippen molar-refractivity contribution >= 4 is 46.0 Å². The number of aryl methyl sites for hydroxylation is 2. The third kappa shape index (κ3) is 4.38. The highest BCUT2D eigenvalue weighted by molar-refractivity contribution is 8.13. The van der Waals surface area contributed by atoms with Gasteiger partial charge in [-0.1, -0.05) is 58.2 Å². The lowest BCUT2D eigenvalue weighted by Crippen LogP contribution is -2.33. The molecule has 25 heavy (non-hydrogen) atoms. The first-order valence-corrected chi connectivity index (χ1v) is 9.69. The standard InChI is InChI=1S/C19H18Cl2N2OS/c1-12-7-13(2)9-15(8-12)18(24)23-6-5-22-19(23)25-11-14-3-4-16(20)10-17(14)21/h3-4,7-10H,5-6,11H2,1-2H3. The van der Waals surface area contributed by atoms with Gasteiger partial charge in [0.1, 0.15) is 0 Å². The van der Waals surface area contributed by atoms with E-state index < -0.39 is 0 Å². The van der Waals surface area contributed by atoms with Gasteiger partial charge >= 0.3 is 0 Å². The molecule has 1 amide bonds. The zero-order valence-corrected chi connectivity index (χ0v) is 16.4. The molecule has 6 heteroatoms. The Kier molecular flexibility index (Phi) is 5.72. The third-order valence-corrected chi connectivity index (χ3v) is 5.54. The highest BCUT2D eigenvalue weighted by Gasteiger charge is 2.25. The van der Waals surface area contributed by atoms with Crippen molar-refractivity contribution in [2.75, 3.05) is 13.1 Å². The van der Waals surface area contributed by atoms with Crippen LogP contribution in [0.3, 0.4) is 0 Å². The van der Waals surface area contributed by atoms with E-state index >= 15 is 0 Å². The van der Waals surface area contributed by atoms with Crippen LogP contribution in [0, 0.1) is 13.8 Å². The predicted molar refractivity (Wildman–Crippen MR) is 107 cm³/mol. The second kappa shape index (κ2) is 7.81. The minimum absolute atomic E-state index is 0.00208. The van der Waals surface area contributed by atoms with Gasteiger partial charge in [-0.25, -0.2) is 0 Å². The maximum Gasteiger partial charge on any atom is 0.259 e. The number of rotatable bonds is 3. The summed E-state index contributed by atoms with van der Waals surface area (Å²) in [5.74, 6) is 0.642. The van der Waals surface area contributed by atoms with Crippen LogP contribution in [0.2, 0.25) is 10.0 Å². The number of amidine groups is 1. The van der Waals surface area contributed by atoms with E-state index in [0.717, 1.165) is 21.9 Å². The Morgan fingerprint density at radius 3 is 2.56 bits per heavy atom. The summed E-state index contributed by atoms with van der Waals surface area (Å²) in [7, 11) is 0. The summed E-state index contributed by atoms with van der Waals surface area (Å²) in [4.78, 5) is 19.1. The SMILES string of the molecule is Cc1cc(C)cc(C(=O)N2CCN=C2SCc2ccc(Cl)cc2Cl)c1. The van der Waals surface area contributed by atoms with Crippen molar-refractivity contribution in [3.63, 3.8) is 0 Å². The van der Waals surface area contributed by atoms with E-state index in [1.54, 1.807) is 11.0 Å². The number of halogens is 2. The van der Waals surface area contributed by atoms with Gasteiger partial charge in [-0.15, -0.1) is 0 Å². The number of carbonyl (C=O) groups is 1. The summed E-state index contributed by atoms with van der Waals surface area (Å²) in [6.45, 7) is 5.25. The van der Waals surface area contributed by atoms with Gasteiger partial charge in [0.25, 0.3) is 5.91 Å². The molecule has 0 aliphatic carbocycles. The van der Waals surface area contributed by atoms with Crippen molar-refractivity contribution in [1.82, 2.24) is 4.90 Å². The largest absolute Gasteiger partial charge is 0.286 e. The van der Waals surface area contributed by atoms with Crippen LogP contribution in [0.25, 0.3) is 0 Å². The Morgan fingerprint density at radius 2 is 1.88 bits per heavy atom. The molecule has 0 saturated carbocycles. The molecule has 0 saturated heterocycles. The van der Waals surface area contributed by atoms with Crippen LogP contribution in [0.15, 0.2) is 41.4 Å². The number of aliphatic imine (C=N–C) groups is 1. The minimum atomic E-state index is -0.00208. The van der Waals surface area contributed by atoms with Crippen LogP contribution in [-0.4, -0.2) is 29.1 Å². The van der Waals surface area contributed by atoms with E-state index in [0.29, 0.717) is 34.5 Å². The number of hydrogen-bond donors (Lipinski definition) is 0. The summed E-state index contributed by atoms with van der Waals surface area (Å²) in [6.07, 6.45) is 0. The van der Waals surface area contributed by atoms with Crippen LogP contribution >= 0.6 is 35.0 Å². The summed E-state index contributed by atoms with van der Waals surface area (Å²) in [6, 6.07) is 11.4. The highest BCUT2D eigenvalue weighted by atomic mass is 35.5. The third-order valence-electron chi connectivity index (χ3n) is 3.89. The molecule has 3 rings (SSSR count). The van der Waals surface area contributed by atoms with Gasteiger partial charge < -0.3 is 0 Å². The van der Waals surface area contributed by atoms with Crippen molar-refractivity contribution in [1.29, 1.82) is 0 Å². The van der Waals surface area contributed by atoms with Gasteiger partial charge in [0, 0.05) is 27.9 Å². The monoisotopic (exact) mass is 392 g/mol. The van der Waals surface area contributed by atoms with Crippen LogP contribution < -0.4 is 0 Å². The Balaban J connectivity index is 1.72. The van der Waals surface area contributed by atoms with Gasteiger partial charge in [-0.05, 0) is 43.7 Å². The molecule has 0 aromatic heterocycles. The first-order valence-electron chi connectivity index (χ1n) is 7.95. The minimum Gasteiger partial charge on any atom is -0.286 e. The van der Waals surface area contributed by atoms with E-state index in [2.05, 4.69) is 11.1 Å². The van der Waals surface area contributed by atoms with Crippen LogP contribution in [-0.2, 0) is 5.75 Å². The molecule has 0 radical (unpaired) electrons. The topological polar surface area (TPSA) is 32.7 Å². The van der Waals surface area contributed by atoms with Crippen molar-refractivity contribution in [2.24, 2.45) is 4.99 Å². The second-order valence-corrected chi connectivity index (χ2v) is 7.81. The molecule has 0 N–H and O–H groups in total. The van der Waals surface area contributed by atoms with Gasteiger partial charge in [0.05, 0.1) is 6.54 Å². The summed E-state index contributed by atoms with van der Waals surface area (Å²) in [5, 5.41) is 1.99. The van der Waals surface area contributed by atoms with E-state index in [-0.39, 0.29) is 5.91 Å². The lowest BCUT2D eigenvalue weighted by molar-refractivity contribution is 0.0860. The number of benzene rings is 2. The molecule has 0 unspecified atom stereocenters. The van der Waals surface area contributed by atoms with Crippen LogP contribution in [0.4, 0.5) is 0 Å². The molecule has 3 nitrogen and oxygen atoms in total. The molecule has 0 atom stereocenters. The fourth-order valence-corrected chi connectivity index (χ4v) is 4.38. The molecule has 130 valence electrons. The molecule has 1 aliphatic heterocycles. The molecule has 1 aliphatic rings. The number of carbonyl (C=O) groups excluding carboxylic acids is 1. The maximum atomic E-state index is 12.9. The molecule has 2 aromatic carbocycles.